The molecule has 0 bridgehead atoms. The molecule has 0 saturated carbocycles. The molecule has 1 amide bonds. The Hall–Kier alpha value is -2.40. The molecule has 1 aromatic carbocycles. The van der Waals surface area contributed by atoms with Gasteiger partial charge in [0.15, 0.2) is 5.43 Å². The first-order valence-corrected chi connectivity index (χ1v) is 6.84. The molecule has 0 aliphatic carbocycles. The van der Waals surface area contributed by atoms with Crippen LogP contribution in [0.15, 0.2) is 47.4 Å². The van der Waals surface area contributed by atoms with Gasteiger partial charge >= 0.3 is 0 Å². The third-order valence-corrected chi connectivity index (χ3v) is 3.19. The maximum absolute atomic E-state index is 12.5. The van der Waals surface area contributed by atoms with Gasteiger partial charge in [-0.25, -0.2) is 0 Å². The summed E-state index contributed by atoms with van der Waals surface area (Å²) in [4.78, 5) is 29.0. The fraction of sp³-hybridized carbons (Fsp3) is 0.250. The van der Waals surface area contributed by atoms with Gasteiger partial charge in [0.05, 0.1) is 0 Å². The van der Waals surface area contributed by atoms with Crippen LogP contribution in [0.5, 0.6) is 0 Å². The molecule has 2 aromatic rings. The Kier molecular flexibility index (Phi) is 4.90. The van der Waals surface area contributed by atoms with Crippen molar-refractivity contribution in [3.8, 4) is 0 Å². The SMILES string of the molecule is Cc1cc(=O)c(C(=O)N(CCN)Cc2ccccc2)c[nH]1. The highest BCUT2D eigenvalue weighted by atomic mass is 16.2. The fourth-order valence-electron chi connectivity index (χ4n) is 2.12. The van der Waals surface area contributed by atoms with Crippen LogP contribution in [0.2, 0.25) is 0 Å². The highest BCUT2D eigenvalue weighted by molar-refractivity contribution is 5.93. The second-order valence-electron chi connectivity index (χ2n) is 4.89. The number of rotatable bonds is 5. The largest absolute Gasteiger partial charge is 0.364 e. The number of aryl methyl sites for hydroxylation is 1. The van der Waals surface area contributed by atoms with E-state index in [1.807, 2.05) is 30.3 Å². The third-order valence-electron chi connectivity index (χ3n) is 3.19. The molecule has 3 N–H and O–H groups in total. The van der Waals surface area contributed by atoms with Gasteiger partial charge in [0.2, 0.25) is 0 Å². The van der Waals surface area contributed by atoms with Crippen LogP contribution in [-0.4, -0.2) is 28.9 Å². The number of nitrogens with two attached hydrogens (primary N) is 1. The van der Waals surface area contributed by atoms with Crippen LogP contribution < -0.4 is 11.2 Å². The van der Waals surface area contributed by atoms with E-state index in [2.05, 4.69) is 4.98 Å². The van der Waals surface area contributed by atoms with E-state index in [9.17, 15) is 9.59 Å². The zero-order valence-electron chi connectivity index (χ0n) is 12.0. The highest BCUT2D eigenvalue weighted by Crippen LogP contribution is 2.07. The van der Waals surface area contributed by atoms with Crippen LogP contribution in [0.1, 0.15) is 21.6 Å². The molecule has 0 aliphatic rings. The number of carbonyl (C=O) groups excluding carboxylic acids is 1. The van der Waals surface area contributed by atoms with E-state index < -0.39 is 0 Å². The molecule has 5 nitrogen and oxygen atoms in total. The average molecular weight is 285 g/mol. The molecule has 0 fully saturated rings. The molecule has 1 heterocycles. The number of aromatic nitrogens is 1. The minimum absolute atomic E-state index is 0.144. The summed E-state index contributed by atoms with van der Waals surface area (Å²) in [5.74, 6) is -0.300. The molecular formula is C16H19N3O2. The number of carbonyl (C=O) groups is 1. The summed E-state index contributed by atoms with van der Waals surface area (Å²) >= 11 is 0. The highest BCUT2D eigenvalue weighted by Gasteiger charge is 2.18. The first-order chi connectivity index (χ1) is 10.1. The summed E-state index contributed by atoms with van der Waals surface area (Å²) in [7, 11) is 0. The molecular weight excluding hydrogens is 266 g/mol. The molecule has 5 heteroatoms. The van der Waals surface area contributed by atoms with Crippen LogP contribution in [0.3, 0.4) is 0 Å². The van der Waals surface area contributed by atoms with E-state index in [1.54, 1.807) is 11.8 Å². The lowest BCUT2D eigenvalue weighted by atomic mass is 10.1. The summed E-state index contributed by atoms with van der Waals surface area (Å²) in [5, 5.41) is 0. The zero-order valence-corrected chi connectivity index (χ0v) is 12.0. The Balaban J connectivity index is 2.25. The van der Waals surface area contributed by atoms with Gasteiger partial charge in [-0.3, -0.25) is 9.59 Å². The Morgan fingerprint density at radius 3 is 2.62 bits per heavy atom. The number of H-pyrrole nitrogens is 1. The Morgan fingerprint density at radius 1 is 1.29 bits per heavy atom. The topological polar surface area (TPSA) is 79.2 Å². The van der Waals surface area contributed by atoms with Crippen molar-refractivity contribution in [2.75, 3.05) is 13.1 Å². The lowest BCUT2D eigenvalue weighted by Crippen LogP contribution is -2.37. The zero-order chi connectivity index (χ0) is 15.2. The Morgan fingerprint density at radius 2 is 2.00 bits per heavy atom. The van der Waals surface area contributed by atoms with Crippen molar-refractivity contribution >= 4 is 5.91 Å². The summed E-state index contributed by atoms with van der Waals surface area (Å²) in [6, 6.07) is 11.1. The molecule has 0 unspecified atom stereocenters. The predicted molar refractivity (Wildman–Crippen MR) is 82.0 cm³/mol. The van der Waals surface area contributed by atoms with Gasteiger partial charge in [-0.05, 0) is 12.5 Å². The minimum Gasteiger partial charge on any atom is -0.364 e. The molecule has 21 heavy (non-hydrogen) atoms. The lowest BCUT2D eigenvalue weighted by Gasteiger charge is -2.22. The Bertz CT molecular complexity index is 665. The van der Waals surface area contributed by atoms with Gasteiger partial charge in [-0.15, -0.1) is 0 Å². The van der Waals surface area contributed by atoms with Crippen molar-refractivity contribution in [2.24, 2.45) is 5.73 Å². The predicted octanol–water partition coefficient (Wildman–Crippen LogP) is 1.28. The summed E-state index contributed by atoms with van der Waals surface area (Å²) in [5.41, 5.74) is 7.18. The van der Waals surface area contributed by atoms with Gasteiger partial charge in [-0.1, -0.05) is 30.3 Å². The first-order valence-electron chi connectivity index (χ1n) is 6.84. The molecule has 0 aliphatic heterocycles. The average Bonchev–Trinajstić information content (AvgIpc) is 2.47. The van der Waals surface area contributed by atoms with Crippen LogP contribution >= 0.6 is 0 Å². The van der Waals surface area contributed by atoms with Gasteiger partial charge in [0.25, 0.3) is 5.91 Å². The summed E-state index contributed by atoms with van der Waals surface area (Å²) in [6.07, 6.45) is 1.47. The van der Waals surface area contributed by atoms with Crippen molar-refractivity contribution in [2.45, 2.75) is 13.5 Å². The van der Waals surface area contributed by atoms with Crippen LogP contribution in [0, 0.1) is 6.92 Å². The van der Waals surface area contributed by atoms with E-state index in [-0.39, 0.29) is 16.9 Å². The number of pyridine rings is 1. The maximum atomic E-state index is 12.5. The second-order valence-corrected chi connectivity index (χ2v) is 4.89. The number of nitrogens with one attached hydrogen (secondary N) is 1. The van der Waals surface area contributed by atoms with Crippen LogP contribution in [0.4, 0.5) is 0 Å². The third kappa shape index (κ3) is 3.79. The van der Waals surface area contributed by atoms with Crippen LogP contribution in [0.25, 0.3) is 0 Å². The smallest absolute Gasteiger partial charge is 0.259 e. The maximum Gasteiger partial charge on any atom is 0.259 e. The molecule has 110 valence electrons. The number of amides is 1. The normalized spacial score (nSPS) is 10.4. The van der Waals surface area contributed by atoms with E-state index in [0.29, 0.717) is 19.6 Å². The minimum atomic E-state index is -0.300. The van der Waals surface area contributed by atoms with Crippen molar-refractivity contribution in [3.63, 3.8) is 0 Å². The molecule has 0 spiro atoms. The molecule has 0 atom stereocenters. The van der Waals surface area contributed by atoms with Crippen molar-refractivity contribution < 1.29 is 4.79 Å². The van der Waals surface area contributed by atoms with Gasteiger partial charge in [0.1, 0.15) is 5.56 Å². The second kappa shape index (κ2) is 6.85. The van der Waals surface area contributed by atoms with Crippen molar-refractivity contribution in [1.82, 2.24) is 9.88 Å². The van der Waals surface area contributed by atoms with Gasteiger partial charge in [-0.2, -0.15) is 0 Å². The van der Waals surface area contributed by atoms with Gasteiger partial charge in [0, 0.05) is 37.6 Å². The number of nitrogens with zero attached hydrogens (tertiary/aromatic N) is 1. The molecule has 0 radical (unpaired) electrons. The van der Waals surface area contributed by atoms with Crippen molar-refractivity contribution in [1.29, 1.82) is 0 Å². The first kappa shape index (κ1) is 15.0. The molecule has 2 rings (SSSR count). The monoisotopic (exact) mass is 285 g/mol. The van der Waals surface area contributed by atoms with Crippen LogP contribution in [-0.2, 0) is 6.54 Å². The summed E-state index contributed by atoms with van der Waals surface area (Å²) in [6.45, 7) is 2.96. The Labute approximate surface area is 123 Å². The van der Waals surface area contributed by atoms with E-state index >= 15 is 0 Å². The lowest BCUT2D eigenvalue weighted by molar-refractivity contribution is 0.0746. The standard InChI is InChI=1S/C16H19N3O2/c1-12-9-15(20)14(10-18-12)16(21)19(8-7-17)11-13-5-3-2-4-6-13/h2-6,9-10H,7-8,11,17H2,1H3,(H,18,20). The van der Waals surface area contributed by atoms with E-state index in [1.165, 1.54) is 12.3 Å². The number of aromatic amines is 1. The van der Waals surface area contributed by atoms with Crippen molar-refractivity contribution in [3.05, 3.63) is 69.6 Å². The molecule has 1 aromatic heterocycles. The summed E-state index contributed by atoms with van der Waals surface area (Å²) < 4.78 is 0. The molecule has 0 saturated heterocycles. The van der Waals surface area contributed by atoms with E-state index in [4.69, 9.17) is 5.73 Å². The van der Waals surface area contributed by atoms with Gasteiger partial charge < -0.3 is 15.6 Å². The fourth-order valence-corrected chi connectivity index (χ4v) is 2.12. The quantitative estimate of drug-likeness (QED) is 0.868. The number of hydrogen-bond donors (Lipinski definition) is 2. The number of benzene rings is 1. The number of hydrogen-bond acceptors (Lipinski definition) is 3. The van der Waals surface area contributed by atoms with E-state index in [0.717, 1.165) is 11.3 Å².